The molecule has 2 nitrogen and oxygen atoms in total. The highest BCUT2D eigenvalue weighted by Crippen LogP contribution is 2.11. The molecule has 0 fully saturated rings. The van der Waals surface area contributed by atoms with E-state index in [0.717, 1.165) is 5.56 Å². The first-order chi connectivity index (χ1) is 4.74. The van der Waals surface area contributed by atoms with Gasteiger partial charge in [0.1, 0.15) is 11.2 Å². The Morgan fingerprint density at radius 1 is 1.70 bits per heavy atom. The molecule has 0 aliphatic carbocycles. The van der Waals surface area contributed by atoms with E-state index < -0.39 is 0 Å². The van der Waals surface area contributed by atoms with Gasteiger partial charge >= 0.3 is 0 Å². The van der Waals surface area contributed by atoms with Crippen LogP contribution in [0.15, 0.2) is 12.3 Å². The third-order valence-corrected chi connectivity index (χ3v) is 1.54. The SMILES string of the molecule is Cc1cc(C#N)cnc1Cl. The van der Waals surface area contributed by atoms with Gasteiger partial charge in [0.25, 0.3) is 0 Å². The molecule has 3 heteroatoms. The first kappa shape index (κ1) is 7.04. The van der Waals surface area contributed by atoms with Crippen molar-refractivity contribution >= 4 is 11.6 Å². The zero-order chi connectivity index (χ0) is 7.56. The molecule has 0 unspecified atom stereocenters. The van der Waals surface area contributed by atoms with Gasteiger partial charge in [0.15, 0.2) is 0 Å². The Bertz CT molecular complexity index is 288. The first-order valence-corrected chi connectivity index (χ1v) is 3.14. The second kappa shape index (κ2) is 2.68. The van der Waals surface area contributed by atoms with Gasteiger partial charge in [-0.15, -0.1) is 0 Å². The summed E-state index contributed by atoms with van der Waals surface area (Å²) in [6, 6.07) is 3.68. The number of hydrogen-bond acceptors (Lipinski definition) is 2. The van der Waals surface area contributed by atoms with Crippen LogP contribution < -0.4 is 0 Å². The number of aryl methyl sites for hydroxylation is 1. The molecule has 50 valence electrons. The number of aromatic nitrogens is 1. The Balaban J connectivity index is 3.20. The smallest absolute Gasteiger partial charge is 0.132 e. The summed E-state index contributed by atoms with van der Waals surface area (Å²) in [5, 5.41) is 8.88. The normalized spacial score (nSPS) is 8.90. The largest absolute Gasteiger partial charge is 0.243 e. The molecule has 0 saturated carbocycles. The Labute approximate surface area is 64.1 Å². The molecule has 0 aliphatic heterocycles. The number of nitrogens with zero attached hydrogens (tertiary/aromatic N) is 2. The summed E-state index contributed by atoms with van der Waals surface area (Å²) in [6.45, 7) is 1.82. The molecule has 0 spiro atoms. The summed E-state index contributed by atoms with van der Waals surface area (Å²) in [5.74, 6) is 0. The second-order valence-electron chi connectivity index (χ2n) is 1.94. The van der Waals surface area contributed by atoms with Crippen LogP contribution in [0.2, 0.25) is 5.15 Å². The van der Waals surface area contributed by atoms with Gasteiger partial charge < -0.3 is 0 Å². The molecule has 10 heavy (non-hydrogen) atoms. The number of rotatable bonds is 0. The standard InChI is InChI=1S/C7H5ClN2/c1-5-2-6(3-9)4-10-7(5)8/h2,4H,1H3. The van der Waals surface area contributed by atoms with Gasteiger partial charge in [0.2, 0.25) is 0 Å². The number of pyridine rings is 1. The van der Waals surface area contributed by atoms with Crippen LogP contribution in [0.5, 0.6) is 0 Å². The lowest BCUT2D eigenvalue weighted by molar-refractivity contribution is 1.25. The molecule has 0 atom stereocenters. The fourth-order valence-corrected chi connectivity index (χ4v) is 0.723. The van der Waals surface area contributed by atoms with Crippen molar-refractivity contribution in [2.45, 2.75) is 6.92 Å². The fraction of sp³-hybridized carbons (Fsp3) is 0.143. The van der Waals surface area contributed by atoms with Crippen molar-refractivity contribution in [1.82, 2.24) is 4.98 Å². The molecule has 1 aromatic heterocycles. The highest BCUT2D eigenvalue weighted by molar-refractivity contribution is 6.30. The monoisotopic (exact) mass is 152 g/mol. The van der Waals surface area contributed by atoms with Crippen LogP contribution in [-0.4, -0.2) is 4.98 Å². The summed E-state index contributed by atoms with van der Waals surface area (Å²) in [4.78, 5) is 3.79. The summed E-state index contributed by atoms with van der Waals surface area (Å²) in [6.07, 6.45) is 1.45. The predicted molar refractivity (Wildman–Crippen MR) is 38.7 cm³/mol. The van der Waals surface area contributed by atoms with Crippen molar-refractivity contribution in [1.29, 1.82) is 5.26 Å². The maximum absolute atomic E-state index is 8.42. The van der Waals surface area contributed by atoms with E-state index in [1.54, 1.807) is 6.07 Å². The van der Waals surface area contributed by atoms with E-state index in [1.165, 1.54) is 6.20 Å². The molecular weight excluding hydrogens is 148 g/mol. The molecule has 0 aromatic carbocycles. The maximum Gasteiger partial charge on any atom is 0.132 e. The fourth-order valence-electron chi connectivity index (χ4n) is 0.619. The van der Waals surface area contributed by atoms with E-state index in [-0.39, 0.29) is 0 Å². The molecule has 0 saturated heterocycles. The number of nitriles is 1. The van der Waals surface area contributed by atoms with E-state index in [4.69, 9.17) is 16.9 Å². The van der Waals surface area contributed by atoms with Crippen LogP contribution in [-0.2, 0) is 0 Å². The zero-order valence-corrected chi connectivity index (χ0v) is 6.18. The van der Waals surface area contributed by atoms with Gasteiger partial charge in [-0.1, -0.05) is 11.6 Å². The maximum atomic E-state index is 8.42. The van der Waals surface area contributed by atoms with E-state index in [2.05, 4.69) is 4.98 Å². The highest BCUT2D eigenvalue weighted by Gasteiger charge is 1.96. The summed E-state index contributed by atoms with van der Waals surface area (Å²) in [7, 11) is 0. The van der Waals surface area contributed by atoms with Crippen molar-refractivity contribution in [3.05, 3.63) is 28.5 Å². The lowest BCUT2D eigenvalue weighted by Gasteiger charge is -1.93. The van der Waals surface area contributed by atoms with Crippen LogP contribution in [0.3, 0.4) is 0 Å². The first-order valence-electron chi connectivity index (χ1n) is 2.76. The number of halogens is 1. The Kier molecular flexibility index (Phi) is 1.88. The Morgan fingerprint density at radius 3 is 2.90 bits per heavy atom. The third-order valence-electron chi connectivity index (χ3n) is 1.14. The Morgan fingerprint density at radius 2 is 2.40 bits per heavy atom. The van der Waals surface area contributed by atoms with E-state index in [0.29, 0.717) is 10.7 Å². The summed E-state index contributed by atoms with van der Waals surface area (Å²) >= 11 is 5.62. The van der Waals surface area contributed by atoms with Crippen molar-refractivity contribution in [3.63, 3.8) is 0 Å². The van der Waals surface area contributed by atoms with Gasteiger partial charge in [0.05, 0.1) is 5.56 Å². The molecule has 0 N–H and O–H groups in total. The molecule has 1 rings (SSSR count). The van der Waals surface area contributed by atoms with Crippen molar-refractivity contribution in [3.8, 4) is 6.07 Å². The quantitative estimate of drug-likeness (QED) is 0.533. The molecule has 0 bridgehead atoms. The van der Waals surface area contributed by atoms with Crippen molar-refractivity contribution in [2.24, 2.45) is 0 Å². The molecule has 1 aromatic rings. The average Bonchev–Trinajstić information content (AvgIpc) is 1.95. The summed E-state index contributed by atoms with van der Waals surface area (Å²) < 4.78 is 0. The molecule has 0 aliphatic rings. The topological polar surface area (TPSA) is 36.7 Å². The number of hydrogen-bond donors (Lipinski definition) is 0. The third kappa shape index (κ3) is 1.26. The lowest BCUT2D eigenvalue weighted by atomic mass is 10.2. The van der Waals surface area contributed by atoms with Gasteiger partial charge in [-0.2, -0.15) is 5.26 Å². The molecule has 0 amide bonds. The van der Waals surface area contributed by atoms with Crippen LogP contribution in [0.25, 0.3) is 0 Å². The van der Waals surface area contributed by atoms with Crippen LogP contribution in [0.4, 0.5) is 0 Å². The van der Waals surface area contributed by atoms with E-state index in [9.17, 15) is 0 Å². The van der Waals surface area contributed by atoms with Crippen LogP contribution in [0, 0.1) is 18.3 Å². The minimum Gasteiger partial charge on any atom is -0.243 e. The Hall–Kier alpha value is -1.07. The summed E-state index contributed by atoms with van der Waals surface area (Å²) in [5.41, 5.74) is 1.38. The van der Waals surface area contributed by atoms with Gasteiger partial charge in [-0.05, 0) is 18.6 Å². The van der Waals surface area contributed by atoms with E-state index >= 15 is 0 Å². The van der Waals surface area contributed by atoms with Gasteiger partial charge in [-0.3, -0.25) is 0 Å². The van der Waals surface area contributed by atoms with Crippen molar-refractivity contribution in [2.75, 3.05) is 0 Å². The second-order valence-corrected chi connectivity index (χ2v) is 2.30. The van der Waals surface area contributed by atoms with Gasteiger partial charge in [-0.25, -0.2) is 4.98 Å². The highest BCUT2D eigenvalue weighted by atomic mass is 35.5. The lowest BCUT2D eigenvalue weighted by Crippen LogP contribution is -1.82. The minimum atomic E-state index is 0.457. The van der Waals surface area contributed by atoms with Gasteiger partial charge in [0, 0.05) is 6.20 Å². The average molecular weight is 153 g/mol. The predicted octanol–water partition coefficient (Wildman–Crippen LogP) is 1.92. The minimum absolute atomic E-state index is 0.457. The molecule has 1 heterocycles. The van der Waals surface area contributed by atoms with Crippen LogP contribution >= 0.6 is 11.6 Å². The van der Waals surface area contributed by atoms with Crippen LogP contribution in [0.1, 0.15) is 11.1 Å². The molecular formula is C7H5ClN2. The molecule has 0 radical (unpaired) electrons. The van der Waals surface area contributed by atoms with Crippen molar-refractivity contribution < 1.29 is 0 Å². The zero-order valence-electron chi connectivity index (χ0n) is 5.43. The van der Waals surface area contributed by atoms with E-state index in [1.807, 2.05) is 13.0 Å².